The van der Waals surface area contributed by atoms with E-state index in [2.05, 4.69) is 15.4 Å². The van der Waals surface area contributed by atoms with Crippen LogP contribution in [0.4, 0.5) is 18.9 Å². The van der Waals surface area contributed by atoms with Crippen LogP contribution in [0.1, 0.15) is 33.8 Å². The molecule has 0 radical (unpaired) electrons. The number of benzene rings is 2. The SMILES string of the molecule is COC(=O)CNC(=O)c1cccc(NC(=O)C2CC2c2cccc(C(F)(F)F)c2)c1. The molecule has 2 aromatic rings. The summed E-state index contributed by atoms with van der Waals surface area (Å²) in [6.07, 6.45) is -3.98. The first-order valence-electron chi connectivity index (χ1n) is 9.12. The fourth-order valence-corrected chi connectivity index (χ4v) is 3.10. The number of methoxy groups -OCH3 is 1. The van der Waals surface area contributed by atoms with Crippen LogP contribution in [0.5, 0.6) is 0 Å². The van der Waals surface area contributed by atoms with E-state index in [-0.39, 0.29) is 23.9 Å². The minimum atomic E-state index is -4.43. The summed E-state index contributed by atoms with van der Waals surface area (Å²) in [7, 11) is 1.20. The lowest BCUT2D eigenvalue weighted by molar-refractivity contribution is -0.139. The molecule has 2 amide bonds. The maximum atomic E-state index is 12.9. The zero-order valence-corrected chi connectivity index (χ0v) is 16.0. The Morgan fingerprint density at radius 3 is 2.53 bits per heavy atom. The summed E-state index contributed by atoms with van der Waals surface area (Å²) >= 11 is 0. The normalized spacial score (nSPS) is 17.7. The Labute approximate surface area is 170 Å². The van der Waals surface area contributed by atoms with Gasteiger partial charge in [0.1, 0.15) is 6.54 Å². The van der Waals surface area contributed by atoms with E-state index in [0.717, 1.165) is 12.1 Å². The van der Waals surface area contributed by atoms with E-state index in [0.29, 0.717) is 17.7 Å². The summed E-state index contributed by atoms with van der Waals surface area (Å²) in [5, 5.41) is 5.08. The highest BCUT2D eigenvalue weighted by atomic mass is 19.4. The van der Waals surface area contributed by atoms with Crippen molar-refractivity contribution in [3.8, 4) is 0 Å². The molecule has 1 aliphatic carbocycles. The molecule has 158 valence electrons. The van der Waals surface area contributed by atoms with E-state index in [1.807, 2.05) is 0 Å². The van der Waals surface area contributed by atoms with Gasteiger partial charge in [0.2, 0.25) is 5.91 Å². The molecule has 2 unspecified atom stereocenters. The van der Waals surface area contributed by atoms with Crippen LogP contribution >= 0.6 is 0 Å². The van der Waals surface area contributed by atoms with Crippen LogP contribution in [0.25, 0.3) is 0 Å². The Balaban J connectivity index is 1.61. The lowest BCUT2D eigenvalue weighted by Gasteiger charge is -2.09. The highest BCUT2D eigenvalue weighted by Gasteiger charge is 2.44. The molecule has 0 heterocycles. The van der Waals surface area contributed by atoms with Gasteiger partial charge < -0.3 is 15.4 Å². The molecule has 0 spiro atoms. The molecule has 1 aliphatic rings. The highest BCUT2D eigenvalue weighted by Crippen LogP contribution is 2.48. The van der Waals surface area contributed by atoms with E-state index in [4.69, 9.17) is 0 Å². The number of ether oxygens (including phenoxy) is 1. The van der Waals surface area contributed by atoms with Crippen molar-refractivity contribution in [2.24, 2.45) is 5.92 Å². The molecule has 2 aromatic carbocycles. The molecule has 30 heavy (non-hydrogen) atoms. The zero-order chi connectivity index (χ0) is 21.9. The first-order valence-corrected chi connectivity index (χ1v) is 9.12. The van der Waals surface area contributed by atoms with Crippen molar-refractivity contribution < 1.29 is 32.3 Å². The van der Waals surface area contributed by atoms with Crippen LogP contribution in [0.3, 0.4) is 0 Å². The molecular formula is C21H19F3N2O4. The van der Waals surface area contributed by atoms with Crippen molar-refractivity contribution in [2.45, 2.75) is 18.5 Å². The summed E-state index contributed by atoms with van der Waals surface area (Å²) in [5.74, 6) is -2.15. The molecule has 2 N–H and O–H groups in total. The number of carbonyl (C=O) groups excluding carboxylic acids is 3. The summed E-state index contributed by atoms with van der Waals surface area (Å²) < 4.78 is 43.1. The van der Waals surface area contributed by atoms with Crippen LogP contribution in [0.15, 0.2) is 48.5 Å². The van der Waals surface area contributed by atoms with E-state index < -0.39 is 29.5 Å². The molecule has 1 saturated carbocycles. The van der Waals surface area contributed by atoms with Crippen LogP contribution in [-0.4, -0.2) is 31.4 Å². The second kappa shape index (κ2) is 8.56. The fourth-order valence-electron chi connectivity index (χ4n) is 3.10. The first-order chi connectivity index (χ1) is 14.2. The molecule has 9 heteroatoms. The highest BCUT2D eigenvalue weighted by molar-refractivity contribution is 5.99. The van der Waals surface area contributed by atoms with Gasteiger partial charge in [-0.3, -0.25) is 14.4 Å². The molecule has 0 saturated heterocycles. The second-order valence-corrected chi connectivity index (χ2v) is 6.90. The van der Waals surface area contributed by atoms with Crippen molar-refractivity contribution in [1.29, 1.82) is 0 Å². The zero-order valence-electron chi connectivity index (χ0n) is 16.0. The summed E-state index contributed by atoms with van der Waals surface area (Å²) in [4.78, 5) is 35.7. The van der Waals surface area contributed by atoms with Crippen LogP contribution in [0.2, 0.25) is 0 Å². The third-order valence-corrected chi connectivity index (χ3v) is 4.78. The van der Waals surface area contributed by atoms with Gasteiger partial charge in [0.05, 0.1) is 12.7 Å². The average molecular weight is 420 g/mol. The molecule has 0 aliphatic heterocycles. The van der Waals surface area contributed by atoms with Gasteiger partial charge in [-0.05, 0) is 42.2 Å². The van der Waals surface area contributed by atoms with Gasteiger partial charge in [0, 0.05) is 17.2 Å². The fraction of sp³-hybridized carbons (Fsp3) is 0.286. The van der Waals surface area contributed by atoms with Gasteiger partial charge in [-0.25, -0.2) is 0 Å². The number of rotatable bonds is 6. The van der Waals surface area contributed by atoms with Crippen molar-refractivity contribution in [3.05, 3.63) is 65.2 Å². The summed E-state index contributed by atoms with van der Waals surface area (Å²) in [5.41, 5.74) is 0.347. The van der Waals surface area contributed by atoms with Crippen molar-refractivity contribution >= 4 is 23.5 Å². The van der Waals surface area contributed by atoms with Crippen molar-refractivity contribution in [1.82, 2.24) is 5.32 Å². The molecule has 1 fully saturated rings. The second-order valence-electron chi connectivity index (χ2n) is 6.90. The van der Waals surface area contributed by atoms with E-state index in [9.17, 15) is 27.6 Å². The first kappa shape index (κ1) is 21.4. The summed E-state index contributed by atoms with van der Waals surface area (Å²) in [6.45, 7) is -0.285. The Hall–Kier alpha value is -3.36. The predicted molar refractivity (Wildman–Crippen MR) is 102 cm³/mol. The Morgan fingerprint density at radius 2 is 1.83 bits per heavy atom. The Kier molecular flexibility index (Phi) is 6.09. The Bertz CT molecular complexity index is 975. The number of hydrogen-bond donors (Lipinski definition) is 2. The third-order valence-electron chi connectivity index (χ3n) is 4.78. The Morgan fingerprint density at radius 1 is 1.10 bits per heavy atom. The number of anilines is 1. The number of amides is 2. The molecule has 6 nitrogen and oxygen atoms in total. The standard InChI is InChI=1S/C21H19F3N2O4/c1-30-18(27)11-25-19(28)13-5-3-7-15(9-13)26-20(29)17-10-16(17)12-4-2-6-14(8-12)21(22,23)24/h2-9,16-17H,10-11H2,1H3,(H,25,28)(H,26,29). The molecule has 2 atom stereocenters. The van der Waals surface area contributed by atoms with Crippen LogP contribution in [-0.2, 0) is 20.5 Å². The van der Waals surface area contributed by atoms with Crippen LogP contribution < -0.4 is 10.6 Å². The van der Waals surface area contributed by atoms with Gasteiger partial charge in [-0.15, -0.1) is 0 Å². The number of hydrogen-bond acceptors (Lipinski definition) is 4. The van der Waals surface area contributed by atoms with Gasteiger partial charge >= 0.3 is 12.1 Å². The number of halogens is 3. The monoisotopic (exact) mass is 420 g/mol. The largest absolute Gasteiger partial charge is 0.468 e. The van der Waals surface area contributed by atoms with Crippen LogP contribution in [0, 0.1) is 5.92 Å². The molecule has 3 rings (SSSR count). The smallest absolute Gasteiger partial charge is 0.416 e. The number of esters is 1. The number of nitrogens with one attached hydrogen (secondary N) is 2. The molecular weight excluding hydrogens is 401 g/mol. The van der Waals surface area contributed by atoms with E-state index in [1.165, 1.54) is 25.3 Å². The van der Waals surface area contributed by atoms with E-state index >= 15 is 0 Å². The molecule has 0 bridgehead atoms. The summed E-state index contributed by atoms with van der Waals surface area (Å²) in [6, 6.07) is 11.1. The minimum absolute atomic E-state index is 0.238. The van der Waals surface area contributed by atoms with Gasteiger partial charge in [-0.1, -0.05) is 24.3 Å². The third kappa shape index (κ3) is 5.16. The minimum Gasteiger partial charge on any atom is -0.468 e. The maximum Gasteiger partial charge on any atom is 0.416 e. The number of carbonyl (C=O) groups is 3. The lowest BCUT2D eigenvalue weighted by Crippen LogP contribution is -2.30. The predicted octanol–water partition coefficient (Wildman–Crippen LogP) is 3.35. The van der Waals surface area contributed by atoms with Crippen molar-refractivity contribution in [2.75, 3.05) is 19.0 Å². The molecule has 0 aromatic heterocycles. The van der Waals surface area contributed by atoms with Crippen molar-refractivity contribution in [3.63, 3.8) is 0 Å². The lowest BCUT2D eigenvalue weighted by atomic mass is 10.1. The average Bonchev–Trinajstić information content (AvgIpc) is 3.52. The number of alkyl halides is 3. The quantitative estimate of drug-likeness (QED) is 0.702. The van der Waals surface area contributed by atoms with Gasteiger partial charge in [0.25, 0.3) is 5.91 Å². The maximum absolute atomic E-state index is 12.9. The van der Waals surface area contributed by atoms with E-state index in [1.54, 1.807) is 18.2 Å². The van der Waals surface area contributed by atoms with Gasteiger partial charge in [0.15, 0.2) is 0 Å². The van der Waals surface area contributed by atoms with Gasteiger partial charge in [-0.2, -0.15) is 13.2 Å². The topological polar surface area (TPSA) is 84.5 Å².